The maximum atomic E-state index is 10.6. The molecule has 4 aromatic rings. The highest BCUT2D eigenvalue weighted by Gasteiger charge is 2.17. The minimum atomic E-state index is -1.01. The smallest absolute Gasteiger partial charge is 0.321 e. The van der Waals surface area contributed by atoms with Crippen molar-refractivity contribution in [3.63, 3.8) is 0 Å². The van der Waals surface area contributed by atoms with Gasteiger partial charge in [-0.3, -0.25) is 19.2 Å². The Morgan fingerprint density at radius 3 is 1.00 bits per heavy atom. The molecular formula is C26H40N12O8. The number of nitrogens with two attached hydrogens (primary N) is 2. The fourth-order valence-corrected chi connectivity index (χ4v) is 3.28. The van der Waals surface area contributed by atoms with Gasteiger partial charge in [-0.25, -0.2) is 19.9 Å². The second-order valence-corrected chi connectivity index (χ2v) is 9.31. The number of hydrogen-bond donors (Lipinski definition) is 12. The Bertz CT molecular complexity index is 1270. The third kappa shape index (κ3) is 15.9. The molecule has 0 saturated carbocycles. The Hall–Kier alpha value is -5.44. The second-order valence-electron chi connectivity index (χ2n) is 9.31. The van der Waals surface area contributed by atoms with E-state index in [4.69, 9.17) is 31.9 Å². The third-order valence-corrected chi connectivity index (χ3v) is 5.83. The molecule has 0 amide bonds. The molecule has 0 aromatic carbocycles. The number of aromatic nitrogens is 8. The lowest BCUT2D eigenvalue weighted by atomic mass is 10.2. The average molecular weight is 649 g/mol. The molecular weight excluding hydrogens is 608 g/mol. The number of rotatable bonds is 14. The van der Waals surface area contributed by atoms with Crippen LogP contribution in [-0.2, 0) is 44.9 Å². The van der Waals surface area contributed by atoms with Crippen molar-refractivity contribution in [2.24, 2.45) is 11.5 Å². The minimum absolute atomic E-state index is 0.263. The lowest BCUT2D eigenvalue weighted by Gasteiger charge is -2.07. The highest BCUT2D eigenvalue weighted by atomic mass is 16.4. The first kappa shape index (κ1) is 38.6. The van der Waals surface area contributed by atoms with E-state index in [0.717, 1.165) is 11.4 Å². The van der Waals surface area contributed by atoms with E-state index >= 15 is 0 Å². The lowest BCUT2D eigenvalue weighted by Crippen LogP contribution is -2.35. The standard InChI is InChI=1S/2C7H11N3O2.2C6H9N3O2/c2*1-8-6(7(11)12)2-5-3-9-4-10-5;2*7-5(6(10)11)1-4-2-8-3-9-4/h2*3-4,6,8H,2H2,1H3,(H,9,10)(H,11,12);2*2-3,5H,1,7H2,(H,8,9)(H,10,11). The van der Waals surface area contributed by atoms with Crippen LogP contribution in [-0.4, -0.2) is 122 Å². The van der Waals surface area contributed by atoms with Crippen molar-refractivity contribution < 1.29 is 39.6 Å². The summed E-state index contributed by atoms with van der Waals surface area (Å²) in [5, 5.41) is 39.6. The van der Waals surface area contributed by atoms with Crippen molar-refractivity contribution in [3.05, 3.63) is 72.9 Å². The number of aliphatic carboxylic acids is 4. The first-order valence-corrected chi connectivity index (χ1v) is 13.5. The molecule has 20 heteroatoms. The predicted molar refractivity (Wildman–Crippen MR) is 161 cm³/mol. The molecule has 14 N–H and O–H groups in total. The van der Waals surface area contributed by atoms with Gasteiger partial charge in [0, 0.05) is 50.5 Å². The minimum Gasteiger partial charge on any atom is -0.480 e. The Morgan fingerprint density at radius 1 is 0.565 bits per heavy atom. The van der Waals surface area contributed by atoms with Gasteiger partial charge in [0.05, 0.1) is 48.1 Å². The fourth-order valence-electron chi connectivity index (χ4n) is 3.28. The Morgan fingerprint density at radius 2 is 0.826 bits per heavy atom. The third-order valence-electron chi connectivity index (χ3n) is 5.83. The van der Waals surface area contributed by atoms with Crippen LogP contribution in [0.3, 0.4) is 0 Å². The zero-order chi connectivity index (χ0) is 34.5. The molecule has 252 valence electrons. The number of imidazole rings is 4. The number of carbonyl (C=O) groups is 4. The zero-order valence-corrected chi connectivity index (χ0v) is 25.1. The van der Waals surface area contributed by atoms with Crippen LogP contribution in [0.5, 0.6) is 0 Å². The first-order valence-electron chi connectivity index (χ1n) is 13.5. The highest BCUT2D eigenvalue weighted by molar-refractivity contribution is 5.74. The second kappa shape index (κ2) is 21.3. The first-order chi connectivity index (χ1) is 21.9. The molecule has 4 rings (SSSR count). The van der Waals surface area contributed by atoms with E-state index < -0.39 is 48.0 Å². The van der Waals surface area contributed by atoms with E-state index in [1.807, 2.05) is 0 Å². The summed E-state index contributed by atoms with van der Waals surface area (Å²) in [5.74, 6) is -3.73. The molecule has 0 saturated heterocycles. The van der Waals surface area contributed by atoms with Crippen molar-refractivity contribution in [1.82, 2.24) is 50.5 Å². The monoisotopic (exact) mass is 648 g/mol. The molecule has 0 aliphatic rings. The van der Waals surface area contributed by atoms with Crippen LogP contribution in [0.1, 0.15) is 22.8 Å². The van der Waals surface area contributed by atoms with Crippen molar-refractivity contribution in [1.29, 1.82) is 0 Å². The Labute approximate surface area is 262 Å². The summed E-state index contributed by atoms with van der Waals surface area (Å²) in [4.78, 5) is 68.1. The number of aromatic amines is 4. The number of nitrogens with one attached hydrogen (secondary N) is 6. The van der Waals surface area contributed by atoms with Gasteiger partial charge in [-0.1, -0.05) is 0 Å². The molecule has 0 radical (unpaired) electrons. The quantitative estimate of drug-likeness (QED) is 0.0701. The summed E-state index contributed by atoms with van der Waals surface area (Å²) in [5.41, 5.74) is 13.3. The van der Waals surface area contributed by atoms with Gasteiger partial charge in [0.25, 0.3) is 0 Å². The summed E-state index contributed by atoms with van der Waals surface area (Å²) >= 11 is 0. The van der Waals surface area contributed by atoms with Gasteiger partial charge in [0.2, 0.25) is 0 Å². The van der Waals surface area contributed by atoms with E-state index in [2.05, 4.69) is 50.5 Å². The van der Waals surface area contributed by atoms with E-state index in [9.17, 15) is 19.2 Å². The summed E-state index contributed by atoms with van der Waals surface area (Å²) in [7, 11) is 3.23. The molecule has 0 aliphatic heterocycles. The highest BCUT2D eigenvalue weighted by Crippen LogP contribution is 1.99. The van der Waals surface area contributed by atoms with Crippen LogP contribution in [0.25, 0.3) is 0 Å². The van der Waals surface area contributed by atoms with E-state index in [0.29, 0.717) is 24.2 Å². The predicted octanol–water partition coefficient (Wildman–Crippen LogP) is -2.02. The van der Waals surface area contributed by atoms with Crippen LogP contribution in [0, 0.1) is 0 Å². The molecule has 20 nitrogen and oxygen atoms in total. The van der Waals surface area contributed by atoms with Gasteiger partial charge in [0.15, 0.2) is 0 Å². The number of nitrogens with zero attached hydrogens (tertiary/aromatic N) is 4. The molecule has 4 aromatic heterocycles. The van der Waals surface area contributed by atoms with Crippen LogP contribution < -0.4 is 22.1 Å². The largest absolute Gasteiger partial charge is 0.480 e. The molecule has 0 aliphatic carbocycles. The Kier molecular flexibility index (Phi) is 17.9. The lowest BCUT2D eigenvalue weighted by molar-refractivity contribution is -0.140. The molecule has 0 fully saturated rings. The zero-order valence-electron chi connectivity index (χ0n) is 25.1. The van der Waals surface area contributed by atoms with Gasteiger partial charge >= 0.3 is 23.9 Å². The SMILES string of the molecule is CNC(Cc1c[nH]cn1)C(=O)O.CNC(Cc1c[nH]cn1)C(=O)O.NC(Cc1c[nH]cn1)C(=O)O.NC(Cc1c[nH]cn1)C(=O)O. The van der Waals surface area contributed by atoms with Crippen LogP contribution >= 0.6 is 0 Å². The van der Waals surface area contributed by atoms with E-state index in [-0.39, 0.29) is 12.8 Å². The summed E-state index contributed by atoms with van der Waals surface area (Å²) in [6, 6.07) is -2.85. The van der Waals surface area contributed by atoms with Crippen LogP contribution in [0.15, 0.2) is 50.1 Å². The maximum Gasteiger partial charge on any atom is 0.321 e. The van der Waals surface area contributed by atoms with Gasteiger partial charge in [-0.05, 0) is 14.1 Å². The van der Waals surface area contributed by atoms with Crippen LogP contribution in [0.4, 0.5) is 0 Å². The van der Waals surface area contributed by atoms with Crippen molar-refractivity contribution in [3.8, 4) is 0 Å². The van der Waals surface area contributed by atoms with Gasteiger partial charge in [0.1, 0.15) is 24.2 Å². The Balaban J connectivity index is 0.000000307. The van der Waals surface area contributed by atoms with Crippen LogP contribution in [0.2, 0.25) is 0 Å². The summed E-state index contributed by atoms with van der Waals surface area (Å²) in [6.07, 6.45) is 14.0. The number of carboxylic acids is 4. The number of likely N-dealkylation sites (N-methyl/N-ethyl adjacent to an activating group) is 2. The van der Waals surface area contributed by atoms with E-state index in [1.54, 1.807) is 38.9 Å². The molecule has 0 bridgehead atoms. The topological polar surface area (TPSA) is 340 Å². The average Bonchev–Trinajstić information content (AvgIpc) is 3.85. The summed E-state index contributed by atoms with van der Waals surface area (Å²) in [6.45, 7) is 0. The molecule has 4 heterocycles. The molecule has 0 spiro atoms. The normalized spacial score (nSPS) is 12.8. The van der Waals surface area contributed by atoms with Crippen molar-refractivity contribution >= 4 is 23.9 Å². The number of H-pyrrole nitrogens is 4. The number of carboxylic acid groups (broad SMARTS) is 4. The van der Waals surface area contributed by atoms with Gasteiger partial charge in [-0.15, -0.1) is 0 Å². The van der Waals surface area contributed by atoms with Crippen molar-refractivity contribution in [2.75, 3.05) is 14.1 Å². The molecule has 4 atom stereocenters. The van der Waals surface area contributed by atoms with Gasteiger partial charge < -0.3 is 62.5 Å². The molecule has 46 heavy (non-hydrogen) atoms. The van der Waals surface area contributed by atoms with Crippen molar-refractivity contribution in [2.45, 2.75) is 49.9 Å². The maximum absolute atomic E-state index is 10.6. The van der Waals surface area contributed by atoms with E-state index in [1.165, 1.54) is 25.3 Å². The summed E-state index contributed by atoms with van der Waals surface area (Å²) < 4.78 is 0. The van der Waals surface area contributed by atoms with Gasteiger partial charge in [-0.2, -0.15) is 0 Å². The fraction of sp³-hybridized carbons (Fsp3) is 0.385. The number of hydrogen-bond acceptors (Lipinski definition) is 12. The molecule has 4 unspecified atom stereocenters.